The van der Waals surface area contributed by atoms with E-state index >= 15 is 0 Å². The fourth-order valence-electron chi connectivity index (χ4n) is 3.59. The Morgan fingerprint density at radius 1 is 1.00 bits per heavy atom. The predicted octanol–water partition coefficient (Wildman–Crippen LogP) is 3.09. The number of tetrazole rings is 1. The van der Waals surface area contributed by atoms with E-state index in [2.05, 4.69) is 37.9 Å². The summed E-state index contributed by atoms with van der Waals surface area (Å²) in [6.07, 6.45) is 5.79. The summed E-state index contributed by atoms with van der Waals surface area (Å²) in [4.78, 5) is 15.4. The lowest BCUT2D eigenvalue weighted by Crippen LogP contribution is -2.29. The Labute approximate surface area is 164 Å². The minimum Gasteiger partial charge on any atom is -0.372 e. The molecule has 144 valence electrons. The van der Waals surface area contributed by atoms with E-state index in [0.29, 0.717) is 6.42 Å². The Balaban J connectivity index is 1.46. The highest BCUT2D eigenvalue weighted by molar-refractivity contribution is 5.94. The van der Waals surface area contributed by atoms with E-state index in [1.54, 1.807) is 0 Å². The molecule has 0 saturated carbocycles. The molecular weight excluding hydrogens is 352 g/mol. The number of aromatic nitrogens is 4. The molecule has 1 aromatic heterocycles. The van der Waals surface area contributed by atoms with E-state index in [1.165, 1.54) is 36.0 Å². The number of amides is 1. The van der Waals surface area contributed by atoms with Crippen molar-refractivity contribution in [1.29, 1.82) is 0 Å². The van der Waals surface area contributed by atoms with Crippen LogP contribution in [-0.2, 0) is 11.2 Å². The smallest absolute Gasteiger partial charge is 0.249 e. The van der Waals surface area contributed by atoms with Gasteiger partial charge in [-0.05, 0) is 59.5 Å². The lowest BCUT2D eigenvalue weighted by Gasteiger charge is -2.28. The highest BCUT2D eigenvalue weighted by Gasteiger charge is 2.22. The van der Waals surface area contributed by atoms with Gasteiger partial charge in [-0.2, -0.15) is 0 Å². The van der Waals surface area contributed by atoms with E-state index < -0.39 is 6.04 Å². The first kappa shape index (κ1) is 18.2. The first-order valence-corrected chi connectivity index (χ1v) is 9.72. The molecule has 1 atom stereocenters. The van der Waals surface area contributed by atoms with Crippen molar-refractivity contribution in [3.8, 4) is 0 Å². The van der Waals surface area contributed by atoms with Gasteiger partial charge in [-0.15, -0.1) is 5.10 Å². The maximum absolute atomic E-state index is 13.0. The van der Waals surface area contributed by atoms with Crippen LogP contribution in [0.15, 0.2) is 60.9 Å². The lowest BCUT2D eigenvalue weighted by atomic mass is 10.1. The molecule has 28 heavy (non-hydrogen) atoms. The third kappa shape index (κ3) is 4.36. The molecule has 2 aromatic carbocycles. The van der Waals surface area contributed by atoms with Crippen molar-refractivity contribution < 1.29 is 4.79 Å². The van der Waals surface area contributed by atoms with Crippen LogP contribution in [0.25, 0.3) is 0 Å². The van der Waals surface area contributed by atoms with E-state index in [9.17, 15) is 4.79 Å². The molecule has 0 radical (unpaired) electrons. The number of rotatable bonds is 6. The summed E-state index contributed by atoms with van der Waals surface area (Å²) in [5.74, 6) is -0.137. The van der Waals surface area contributed by atoms with Crippen LogP contribution in [0.3, 0.4) is 0 Å². The van der Waals surface area contributed by atoms with Crippen LogP contribution in [0.4, 0.5) is 11.4 Å². The van der Waals surface area contributed by atoms with Crippen molar-refractivity contribution in [2.24, 2.45) is 0 Å². The second-order valence-corrected chi connectivity index (χ2v) is 7.08. The maximum atomic E-state index is 13.0. The van der Waals surface area contributed by atoms with Crippen molar-refractivity contribution in [1.82, 2.24) is 20.2 Å². The summed E-state index contributed by atoms with van der Waals surface area (Å²) in [5.41, 5.74) is 3.04. The third-order valence-electron chi connectivity index (χ3n) is 5.11. The third-order valence-corrected chi connectivity index (χ3v) is 5.11. The van der Waals surface area contributed by atoms with Gasteiger partial charge in [-0.3, -0.25) is 4.79 Å². The average Bonchev–Trinajstić information content (AvgIpc) is 3.28. The van der Waals surface area contributed by atoms with E-state index in [0.717, 1.165) is 24.3 Å². The Hall–Kier alpha value is -3.22. The molecule has 1 saturated heterocycles. The lowest BCUT2D eigenvalue weighted by molar-refractivity contribution is -0.119. The molecule has 1 aliphatic rings. The second kappa shape index (κ2) is 8.65. The second-order valence-electron chi connectivity index (χ2n) is 7.08. The van der Waals surface area contributed by atoms with Crippen LogP contribution >= 0.6 is 0 Å². The zero-order chi connectivity index (χ0) is 19.2. The summed E-state index contributed by atoms with van der Waals surface area (Å²) in [6, 6.07) is 17.4. The van der Waals surface area contributed by atoms with Crippen LogP contribution in [0.2, 0.25) is 0 Å². The van der Waals surface area contributed by atoms with Gasteiger partial charge in [0.2, 0.25) is 5.91 Å². The number of anilines is 2. The number of hydrogen-bond acceptors (Lipinski definition) is 5. The Morgan fingerprint density at radius 2 is 1.75 bits per heavy atom. The molecule has 0 bridgehead atoms. The Morgan fingerprint density at radius 3 is 2.43 bits per heavy atom. The Kier molecular flexibility index (Phi) is 5.61. The number of carbonyl (C=O) groups is 1. The summed E-state index contributed by atoms with van der Waals surface area (Å²) in [5, 5.41) is 14.3. The molecule has 0 aliphatic carbocycles. The minimum atomic E-state index is -0.515. The molecule has 0 unspecified atom stereocenters. The van der Waals surface area contributed by atoms with Crippen molar-refractivity contribution in [3.05, 3.63) is 66.5 Å². The van der Waals surface area contributed by atoms with Gasteiger partial charge in [0.15, 0.2) is 0 Å². The fourth-order valence-corrected chi connectivity index (χ4v) is 3.59. The number of carbonyl (C=O) groups excluding carboxylic acids is 1. The normalized spacial score (nSPS) is 15.2. The van der Waals surface area contributed by atoms with E-state index in [-0.39, 0.29) is 5.91 Å². The van der Waals surface area contributed by atoms with Gasteiger partial charge < -0.3 is 10.2 Å². The number of hydrogen-bond donors (Lipinski definition) is 1. The monoisotopic (exact) mass is 376 g/mol. The van der Waals surface area contributed by atoms with Crippen LogP contribution in [0.5, 0.6) is 0 Å². The summed E-state index contributed by atoms with van der Waals surface area (Å²) < 4.78 is 1.50. The number of nitrogens with zero attached hydrogens (tertiary/aromatic N) is 5. The van der Waals surface area contributed by atoms with Crippen LogP contribution in [0.1, 0.15) is 30.9 Å². The van der Waals surface area contributed by atoms with Gasteiger partial charge in [-0.1, -0.05) is 30.3 Å². The van der Waals surface area contributed by atoms with Crippen molar-refractivity contribution in [3.63, 3.8) is 0 Å². The van der Waals surface area contributed by atoms with Gasteiger partial charge >= 0.3 is 0 Å². The van der Waals surface area contributed by atoms with Crippen molar-refractivity contribution >= 4 is 17.3 Å². The van der Waals surface area contributed by atoms with Gasteiger partial charge in [0.1, 0.15) is 12.4 Å². The molecule has 1 aliphatic heterocycles. The largest absolute Gasteiger partial charge is 0.372 e. The zero-order valence-electron chi connectivity index (χ0n) is 15.7. The minimum absolute atomic E-state index is 0.137. The van der Waals surface area contributed by atoms with Gasteiger partial charge in [0.05, 0.1) is 0 Å². The SMILES string of the molecule is O=C(Nc1ccc(N2CCCCC2)cc1)[C@@H](Cc1ccccc1)n1cnnn1. The average molecular weight is 376 g/mol. The highest BCUT2D eigenvalue weighted by atomic mass is 16.2. The zero-order valence-corrected chi connectivity index (χ0v) is 15.7. The maximum Gasteiger partial charge on any atom is 0.249 e. The summed E-state index contributed by atoms with van der Waals surface area (Å²) in [7, 11) is 0. The van der Waals surface area contributed by atoms with Crippen molar-refractivity contribution in [2.45, 2.75) is 31.7 Å². The molecule has 7 heteroatoms. The van der Waals surface area contributed by atoms with Crippen LogP contribution < -0.4 is 10.2 Å². The highest BCUT2D eigenvalue weighted by Crippen LogP contribution is 2.23. The standard InChI is InChI=1S/C21H24N6O/c28-21(20(27-16-22-24-25-27)15-17-7-3-1-4-8-17)23-18-9-11-19(12-10-18)26-13-5-2-6-14-26/h1,3-4,7-12,16,20H,2,5-6,13-15H2,(H,23,28)/t20-/m1/s1. The van der Waals surface area contributed by atoms with Gasteiger partial charge in [-0.25, -0.2) is 4.68 Å². The summed E-state index contributed by atoms with van der Waals surface area (Å²) in [6.45, 7) is 2.20. The molecule has 1 fully saturated rings. The molecule has 3 aromatic rings. The first-order valence-electron chi connectivity index (χ1n) is 9.72. The van der Waals surface area contributed by atoms with Crippen LogP contribution in [-0.4, -0.2) is 39.2 Å². The van der Waals surface area contributed by atoms with Gasteiger partial charge in [0.25, 0.3) is 0 Å². The first-order chi connectivity index (χ1) is 13.8. The number of nitrogens with one attached hydrogen (secondary N) is 1. The molecule has 1 N–H and O–H groups in total. The van der Waals surface area contributed by atoms with E-state index in [1.807, 2.05) is 42.5 Å². The molecule has 4 rings (SSSR count). The van der Waals surface area contributed by atoms with E-state index in [4.69, 9.17) is 0 Å². The van der Waals surface area contributed by atoms with Crippen LogP contribution in [0, 0.1) is 0 Å². The Bertz CT molecular complexity index is 873. The topological polar surface area (TPSA) is 75.9 Å². The predicted molar refractivity (Wildman–Crippen MR) is 108 cm³/mol. The van der Waals surface area contributed by atoms with Crippen molar-refractivity contribution in [2.75, 3.05) is 23.3 Å². The van der Waals surface area contributed by atoms with Gasteiger partial charge in [0, 0.05) is 30.9 Å². The molecular formula is C21H24N6O. The fraction of sp³-hybridized carbons (Fsp3) is 0.333. The quantitative estimate of drug-likeness (QED) is 0.715. The number of benzene rings is 2. The molecule has 7 nitrogen and oxygen atoms in total. The molecule has 1 amide bonds. The number of piperidine rings is 1. The molecule has 0 spiro atoms. The molecule has 2 heterocycles. The summed E-state index contributed by atoms with van der Waals surface area (Å²) >= 11 is 0.